The zero-order valence-electron chi connectivity index (χ0n) is 22.8. The quantitative estimate of drug-likeness (QED) is 0.396. The lowest BCUT2D eigenvalue weighted by atomic mass is 9.48. The van der Waals surface area contributed by atoms with E-state index in [1.165, 1.54) is 19.8 Å². The summed E-state index contributed by atoms with van der Waals surface area (Å²) in [6.07, 6.45) is 4.91. The van der Waals surface area contributed by atoms with Crippen LogP contribution in [-0.2, 0) is 27.8 Å². The molecule has 1 amide bonds. The highest BCUT2D eigenvalue weighted by Gasteiger charge is 2.73. The molecule has 3 fully saturated rings. The number of ether oxygens (including phenoxy) is 2. The number of carbonyl (C=O) groups excluding carboxylic acids is 2. The molecule has 5 aliphatic rings. The molecule has 7 rings (SSSR count). The third-order valence-electron chi connectivity index (χ3n) is 10.2. The van der Waals surface area contributed by atoms with Gasteiger partial charge < -0.3 is 19.5 Å². The van der Waals surface area contributed by atoms with Crippen LogP contribution in [0.25, 0.3) is 0 Å². The number of esters is 1. The predicted molar refractivity (Wildman–Crippen MR) is 151 cm³/mol. The molecule has 2 bridgehead atoms. The number of hydrogen-bond donors (Lipinski definition) is 1. The number of likely N-dealkylation sites (N-methyl/N-ethyl adjacent to an activating group) is 1. The van der Waals surface area contributed by atoms with Crippen LogP contribution in [0.15, 0.2) is 30.3 Å². The number of rotatable bonds is 6. The van der Waals surface area contributed by atoms with Crippen LogP contribution in [0.3, 0.4) is 0 Å². The van der Waals surface area contributed by atoms with Crippen LogP contribution in [0.1, 0.15) is 55.7 Å². The third kappa shape index (κ3) is 3.84. The Morgan fingerprint density at radius 2 is 1.95 bits per heavy atom. The summed E-state index contributed by atoms with van der Waals surface area (Å²) in [5.74, 6) is 1.20. The van der Waals surface area contributed by atoms with Gasteiger partial charge >= 0.3 is 5.97 Å². The van der Waals surface area contributed by atoms with Crippen molar-refractivity contribution >= 4 is 35.1 Å². The zero-order chi connectivity index (χ0) is 28.0. The van der Waals surface area contributed by atoms with Crippen molar-refractivity contribution in [1.29, 1.82) is 0 Å². The molecule has 1 spiro atoms. The Bertz CT molecular complexity index is 1410. The summed E-state index contributed by atoms with van der Waals surface area (Å²) in [6.45, 7) is 3.27. The molecule has 40 heavy (non-hydrogen) atoms. The SMILES string of the molecule is CC(=O)Oc1ccc2c3c1OC1C(N(C)C(=O)Cc4ccc(Cl)c(Cl)c4)CC[C@@]4(O)[C@@H](C2)N(CC2CC2)CC[C@]314. The van der Waals surface area contributed by atoms with Crippen LogP contribution in [-0.4, -0.2) is 70.7 Å². The molecule has 7 nitrogen and oxygen atoms in total. The second-order valence-electron chi connectivity index (χ2n) is 12.4. The van der Waals surface area contributed by atoms with Crippen LogP contribution in [0.4, 0.5) is 0 Å². The molecule has 1 saturated heterocycles. The average Bonchev–Trinajstić information content (AvgIpc) is 3.65. The lowest BCUT2D eigenvalue weighted by Crippen LogP contribution is -2.78. The molecule has 2 aromatic rings. The number of benzene rings is 2. The van der Waals surface area contributed by atoms with Crippen molar-refractivity contribution in [3.8, 4) is 11.5 Å². The first kappa shape index (κ1) is 26.6. The number of hydrogen-bond acceptors (Lipinski definition) is 6. The minimum absolute atomic E-state index is 0.0101. The molecule has 2 aromatic carbocycles. The fourth-order valence-corrected chi connectivity index (χ4v) is 8.53. The normalized spacial score (nSPS) is 31.8. The molecule has 1 N–H and O–H groups in total. The number of nitrogens with zero attached hydrogens (tertiary/aromatic N) is 2. The summed E-state index contributed by atoms with van der Waals surface area (Å²) in [4.78, 5) is 29.9. The maximum atomic E-state index is 13.6. The summed E-state index contributed by atoms with van der Waals surface area (Å²) < 4.78 is 12.4. The summed E-state index contributed by atoms with van der Waals surface area (Å²) in [5.41, 5.74) is 1.24. The van der Waals surface area contributed by atoms with Crippen LogP contribution in [0.5, 0.6) is 11.5 Å². The van der Waals surface area contributed by atoms with Crippen molar-refractivity contribution < 1.29 is 24.2 Å². The van der Waals surface area contributed by atoms with Gasteiger partial charge in [-0.25, -0.2) is 0 Å². The van der Waals surface area contributed by atoms with Crippen LogP contribution < -0.4 is 9.47 Å². The van der Waals surface area contributed by atoms with E-state index in [-0.39, 0.29) is 24.4 Å². The molecule has 0 aromatic heterocycles. The largest absolute Gasteiger partial charge is 0.483 e. The van der Waals surface area contributed by atoms with Crippen LogP contribution in [0, 0.1) is 5.92 Å². The number of piperidine rings is 1. The minimum atomic E-state index is -0.998. The van der Waals surface area contributed by atoms with E-state index < -0.39 is 23.1 Å². The van der Waals surface area contributed by atoms with E-state index in [1.54, 1.807) is 17.0 Å². The Morgan fingerprint density at radius 3 is 2.67 bits per heavy atom. The lowest BCUT2D eigenvalue weighted by molar-refractivity contribution is -0.200. The zero-order valence-corrected chi connectivity index (χ0v) is 24.3. The lowest BCUT2D eigenvalue weighted by Gasteiger charge is -2.64. The first-order valence-corrected chi connectivity index (χ1v) is 15.1. The summed E-state index contributed by atoms with van der Waals surface area (Å²) >= 11 is 12.3. The van der Waals surface area contributed by atoms with Crippen molar-refractivity contribution in [2.24, 2.45) is 5.92 Å². The first-order valence-electron chi connectivity index (χ1n) is 14.3. The van der Waals surface area contributed by atoms with Gasteiger partial charge in [-0.05, 0) is 80.3 Å². The minimum Gasteiger partial charge on any atom is -0.483 e. The van der Waals surface area contributed by atoms with Gasteiger partial charge in [-0.15, -0.1) is 0 Å². The molecule has 2 saturated carbocycles. The Kier molecular flexibility index (Phi) is 6.21. The Morgan fingerprint density at radius 1 is 1.15 bits per heavy atom. The standard InChI is InChI=1S/C31H34Cl2N2O5/c1-17(36)39-24-8-6-20-15-25-31(38)10-9-23(34(2)26(37)14-19-5-7-21(32)22(33)13-19)29-30(31,27(20)28(24)40-29)11-12-35(25)16-18-3-4-18/h5-8,13,18,23,25,29,38H,3-4,9-12,14-16H2,1-2H3/t23?,25-,29?,30+,31-/m1/s1. The van der Waals surface area contributed by atoms with E-state index in [0.717, 1.165) is 48.5 Å². The van der Waals surface area contributed by atoms with E-state index in [1.807, 2.05) is 25.2 Å². The number of aliphatic hydroxyl groups is 1. The number of likely N-dealkylation sites (tertiary alicyclic amines) is 1. The summed E-state index contributed by atoms with van der Waals surface area (Å²) in [7, 11) is 1.83. The topological polar surface area (TPSA) is 79.3 Å². The van der Waals surface area contributed by atoms with Gasteiger partial charge in [0.15, 0.2) is 11.5 Å². The smallest absolute Gasteiger partial charge is 0.308 e. The summed E-state index contributed by atoms with van der Waals surface area (Å²) in [5, 5.41) is 13.6. The van der Waals surface area contributed by atoms with Crippen molar-refractivity contribution in [3.05, 3.63) is 57.1 Å². The molecular weight excluding hydrogens is 551 g/mol. The third-order valence-corrected chi connectivity index (χ3v) is 10.9. The van der Waals surface area contributed by atoms with Crippen LogP contribution in [0.2, 0.25) is 10.0 Å². The van der Waals surface area contributed by atoms with Gasteiger partial charge in [0.25, 0.3) is 0 Å². The maximum Gasteiger partial charge on any atom is 0.308 e. The molecule has 9 heteroatoms. The van der Waals surface area contributed by atoms with E-state index in [0.29, 0.717) is 34.4 Å². The van der Waals surface area contributed by atoms with Gasteiger partial charge in [0.05, 0.1) is 33.5 Å². The number of halogens is 2. The molecule has 2 heterocycles. The van der Waals surface area contributed by atoms with Crippen LogP contribution >= 0.6 is 23.2 Å². The molecule has 212 valence electrons. The second kappa shape index (κ2) is 9.35. The molecular formula is C31H34Cl2N2O5. The van der Waals surface area contributed by atoms with Gasteiger partial charge in [-0.3, -0.25) is 14.5 Å². The molecule has 5 atom stereocenters. The van der Waals surface area contributed by atoms with E-state index in [2.05, 4.69) is 4.90 Å². The Labute approximate surface area is 244 Å². The monoisotopic (exact) mass is 584 g/mol. The Hall–Kier alpha value is -2.32. The van der Waals surface area contributed by atoms with E-state index in [4.69, 9.17) is 32.7 Å². The maximum absolute atomic E-state index is 13.6. The average molecular weight is 586 g/mol. The highest BCUT2D eigenvalue weighted by atomic mass is 35.5. The second-order valence-corrected chi connectivity index (χ2v) is 13.2. The Balaban J connectivity index is 1.27. The predicted octanol–water partition coefficient (Wildman–Crippen LogP) is 4.55. The first-order chi connectivity index (χ1) is 19.1. The number of amides is 1. The summed E-state index contributed by atoms with van der Waals surface area (Å²) in [6, 6.07) is 8.86. The highest BCUT2D eigenvalue weighted by Crippen LogP contribution is 2.66. The molecule has 2 unspecified atom stereocenters. The van der Waals surface area contributed by atoms with Crippen molar-refractivity contribution in [2.45, 2.75) is 81.1 Å². The van der Waals surface area contributed by atoms with Gasteiger partial charge in [0.1, 0.15) is 6.10 Å². The van der Waals surface area contributed by atoms with Crippen molar-refractivity contribution in [2.75, 3.05) is 20.1 Å². The van der Waals surface area contributed by atoms with Gasteiger partial charge in [0.2, 0.25) is 5.91 Å². The molecule has 0 radical (unpaired) electrons. The fraction of sp³-hybridized carbons (Fsp3) is 0.548. The van der Waals surface area contributed by atoms with E-state index >= 15 is 0 Å². The molecule has 2 aliphatic heterocycles. The van der Waals surface area contributed by atoms with Crippen molar-refractivity contribution in [1.82, 2.24) is 9.80 Å². The fourth-order valence-electron chi connectivity index (χ4n) is 8.21. The highest BCUT2D eigenvalue weighted by molar-refractivity contribution is 6.42. The van der Waals surface area contributed by atoms with Gasteiger partial charge in [-0.1, -0.05) is 35.3 Å². The van der Waals surface area contributed by atoms with Crippen molar-refractivity contribution in [3.63, 3.8) is 0 Å². The van der Waals surface area contributed by atoms with Gasteiger partial charge in [-0.2, -0.15) is 0 Å². The van der Waals surface area contributed by atoms with E-state index in [9.17, 15) is 14.7 Å². The molecule has 3 aliphatic carbocycles. The van der Waals surface area contributed by atoms with Gasteiger partial charge in [0, 0.05) is 32.1 Å². The number of carbonyl (C=O) groups is 2.